The maximum Gasteiger partial charge on any atom is 0.433 e. The van der Waals surface area contributed by atoms with E-state index in [1.54, 1.807) is 0 Å². The van der Waals surface area contributed by atoms with Gasteiger partial charge in [-0.25, -0.2) is 4.79 Å². The van der Waals surface area contributed by atoms with E-state index in [9.17, 15) is 4.79 Å². The molecular formula is C14H18N2O2. The Morgan fingerprint density at radius 1 is 1.39 bits per heavy atom. The van der Waals surface area contributed by atoms with Gasteiger partial charge in [-0.2, -0.15) is 4.99 Å². The van der Waals surface area contributed by atoms with Crippen molar-refractivity contribution < 1.29 is 9.53 Å². The second-order valence-corrected chi connectivity index (χ2v) is 5.68. The van der Waals surface area contributed by atoms with Crippen molar-refractivity contribution in [3.63, 3.8) is 0 Å². The van der Waals surface area contributed by atoms with Gasteiger partial charge in [0.2, 0.25) is 0 Å². The highest BCUT2D eigenvalue weighted by Gasteiger charge is 2.31. The van der Waals surface area contributed by atoms with Crippen LogP contribution in [-0.4, -0.2) is 18.9 Å². The zero-order chi connectivity index (χ0) is 13.4. The first-order valence-electron chi connectivity index (χ1n) is 5.93. The molecular weight excluding hydrogens is 228 g/mol. The van der Waals surface area contributed by atoms with Gasteiger partial charge >= 0.3 is 6.09 Å². The monoisotopic (exact) mass is 246 g/mol. The first kappa shape index (κ1) is 12.8. The van der Waals surface area contributed by atoms with Crippen LogP contribution in [0.1, 0.15) is 31.9 Å². The van der Waals surface area contributed by atoms with Crippen LogP contribution in [0.15, 0.2) is 29.3 Å². The minimum atomic E-state index is -0.824. The number of carbonyl (C=O) groups excluding carboxylic acids is 1. The number of benzene rings is 1. The molecule has 0 radical (unpaired) electrons. The number of nitrogens with zero attached hydrogens (tertiary/aromatic N) is 1. The molecule has 2 N–H and O–H groups in total. The van der Waals surface area contributed by atoms with Crippen molar-refractivity contribution in [2.24, 2.45) is 10.7 Å². The summed E-state index contributed by atoms with van der Waals surface area (Å²) >= 11 is 0. The maximum atomic E-state index is 10.9. The van der Waals surface area contributed by atoms with Crippen LogP contribution in [0.5, 0.6) is 0 Å². The smallest absolute Gasteiger partial charge is 0.433 e. The Bertz CT molecular complexity index is 503. The average Bonchev–Trinajstić information content (AvgIpc) is 2.32. The van der Waals surface area contributed by atoms with Crippen LogP contribution in [0.2, 0.25) is 0 Å². The van der Waals surface area contributed by atoms with E-state index in [0.29, 0.717) is 0 Å². The molecule has 1 atom stereocenters. The number of ether oxygens (including phenoxy) is 1. The number of hydrogen-bond donors (Lipinski definition) is 1. The van der Waals surface area contributed by atoms with Crippen LogP contribution in [0.25, 0.3) is 0 Å². The van der Waals surface area contributed by atoms with E-state index in [0.717, 1.165) is 5.56 Å². The zero-order valence-electron chi connectivity index (χ0n) is 10.9. The summed E-state index contributed by atoms with van der Waals surface area (Å²) in [5.74, 6) is 0. The first-order valence-corrected chi connectivity index (χ1v) is 5.93. The second kappa shape index (κ2) is 4.21. The summed E-state index contributed by atoms with van der Waals surface area (Å²) < 4.78 is 4.91. The Balaban J connectivity index is 2.40. The minimum Gasteiger partial charge on any atom is -0.445 e. The van der Waals surface area contributed by atoms with E-state index in [-0.39, 0.29) is 12.0 Å². The second-order valence-electron chi connectivity index (χ2n) is 5.68. The van der Waals surface area contributed by atoms with E-state index in [1.165, 1.54) is 11.8 Å². The highest BCUT2D eigenvalue weighted by atomic mass is 16.5. The molecule has 0 bridgehead atoms. The van der Waals surface area contributed by atoms with E-state index in [2.05, 4.69) is 31.8 Å². The Morgan fingerprint density at radius 2 is 2.11 bits per heavy atom. The summed E-state index contributed by atoms with van der Waals surface area (Å²) in [6.07, 6.45) is 0.892. The Hall–Kier alpha value is -1.68. The quantitative estimate of drug-likeness (QED) is 0.827. The predicted molar refractivity (Wildman–Crippen MR) is 70.8 cm³/mol. The van der Waals surface area contributed by atoms with E-state index in [1.807, 2.05) is 18.2 Å². The molecule has 0 saturated heterocycles. The number of cyclic esters (lactones) is 1. The van der Waals surface area contributed by atoms with Gasteiger partial charge in [-0.05, 0) is 16.5 Å². The molecule has 0 spiro atoms. The molecule has 0 aliphatic carbocycles. The van der Waals surface area contributed by atoms with E-state index >= 15 is 0 Å². The van der Waals surface area contributed by atoms with Crippen molar-refractivity contribution in [1.29, 1.82) is 0 Å². The highest BCUT2D eigenvalue weighted by Crippen LogP contribution is 2.27. The lowest BCUT2D eigenvalue weighted by molar-refractivity contribution is 0.135. The summed E-state index contributed by atoms with van der Waals surface area (Å²) in [6, 6.07) is 8.01. The third-order valence-electron chi connectivity index (χ3n) is 3.10. The van der Waals surface area contributed by atoms with Crippen molar-refractivity contribution in [2.45, 2.75) is 31.7 Å². The van der Waals surface area contributed by atoms with Gasteiger partial charge in [-0.1, -0.05) is 45.0 Å². The summed E-state index contributed by atoms with van der Waals surface area (Å²) in [6.45, 7) is 6.56. The van der Waals surface area contributed by atoms with Crippen LogP contribution in [0, 0.1) is 0 Å². The van der Waals surface area contributed by atoms with Gasteiger partial charge in [-0.3, -0.25) is 0 Å². The number of carbonyl (C=O) groups is 1. The minimum absolute atomic E-state index is 0.0505. The van der Waals surface area contributed by atoms with Crippen LogP contribution < -0.4 is 5.73 Å². The topological polar surface area (TPSA) is 64.7 Å². The molecule has 96 valence electrons. The summed E-state index contributed by atoms with van der Waals surface area (Å²) in [7, 11) is 0. The molecule has 1 aromatic rings. The van der Waals surface area contributed by atoms with Gasteiger partial charge < -0.3 is 10.5 Å². The summed E-state index contributed by atoms with van der Waals surface area (Å²) in [5, 5.41) is 0. The lowest BCUT2D eigenvalue weighted by Gasteiger charge is -2.29. The molecule has 1 heterocycles. The van der Waals surface area contributed by atoms with Crippen LogP contribution in [-0.2, 0) is 15.7 Å². The summed E-state index contributed by atoms with van der Waals surface area (Å²) in [5.41, 5.74) is 7.55. The molecule has 1 aliphatic heterocycles. The lowest BCUT2D eigenvalue weighted by atomic mass is 9.83. The van der Waals surface area contributed by atoms with Crippen LogP contribution in [0.3, 0.4) is 0 Å². The molecule has 1 unspecified atom stereocenters. The van der Waals surface area contributed by atoms with Gasteiger partial charge in [-0.15, -0.1) is 0 Å². The third kappa shape index (κ3) is 2.43. The lowest BCUT2D eigenvalue weighted by Crippen LogP contribution is -2.46. The van der Waals surface area contributed by atoms with Gasteiger partial charge in [0.1, 0.15) is 12.1 Å². The fraction of sp³-hybridized carbons (Fsp3) is 0.429. The largest absolute Gasteiger partial charge is 0.445 e. The van der Waals surface area contributed by atoms with Gasteiger partial charge in [0.25, 0.3) is 0 Å². The number of hydrogen-bond acceptors (Lipinski definition) is 3. The van der Waals surface area contributed by atoms with E-state index < -0.39 is 11.6 Å². The van der Waals surface area contributed by atoms with Crippen molar-refractivity contribution >= 4 is 12.3 Å². The molecule has 1 aromatic carbocycles. The third-order valence-corrected chi connectivity index (χ3v) is 3.10. The predicted octanol–water partition coefficient (Wildman–Crippen LogP) is 2.36. The molecule has 1 aliphatic rings. The fourth-order valence-corrected chi connectivity index (χ4v) is 1.86. The number of aliphatic imine (C=N–C) groups is 1. The Morgan fingerprint density at radius 3 is 2.67 bits per heavy atom. The molecule has 0 aromatic heterocycles. The van der Waals surface area contributed by atoms with Crippen molar-refractivity contribution in [2.75, 3.05) is 6.61 Å². The molecule has 4 nitrogen and oxygen atoms in total. The average molecular weight is 246 g/mol. The van der Waals surface area contributed by atoms with Gasteiger partial charge in [0.15, 0.2) is 0 Å². The molecule has 1 amide bonds. The fourth-order valence-electron chi connectivity index (χ4n) is 1.86. The summed E-state index contributed by atoms with van der Waals surface area (Å²) in [4.78, 5) is 14.6. The standard InChI is InChI=1S/C14H18N2O2/c1-13(2,3)10-5-4-6-11(7-10)14(15)8-16-12(17)18-9-14/h4-8H,9,15H2,1-3H3. The van der Waals surface area contributed by atoms with Crippen LogP contribution >= 0.6 is 0 Å². The normalized spacial score (nSPS) is 23.9. The number of nitrogens with two attached hydrogens (primary N) is 1. The van der Waals surface area contributed by atoms with Gasteiger partial charge in [0.05, 0.1) is 0 Å². The molecule has 4 heteroatoms. The van der Waals surface area contributed by atoms with Crippen molar-refractivity contribution in [1.82, 2.24) is 0 Å². The van der Waals surface area contributed by atoms with Crippen molar-refractivity contribution in [3.05, 3.63) is 35.4 Å². The molecule has 0 fully saturated rings. The van der Waals surface area contributed by atoms with Crippen molar-refractivity contribution in [3.8, 4) is 0 Å². The van der Waals surface area contributed by atoms with Crippen LogP contribution in [0.4, 0.5) is 4.79 Å². The van der Waals surface area contributed by atoms with Gasteiger partial charge in [0, 0.05) is 6.21 Å². The molecule has 2 rings (SSSR count). The highest BCUT2D eigenvalue weighted by molar-refractivity contribution is 5.87. The maximum absolute atomic E-state index is 10.9. The molecule has 0 saturated carbocycles. The number of amides is 1. The van der Waals surface area contributed by atoms with E-state index in [4.69, 9.17) is 10.5 Å². The number of rotatable bonds is 1. The Kier molecular flexibility index (Phi) is 2.99. The first-order chi connectivity index (χ1) is 8.31. The zero-order valence-corrected chi connectivity index (χ0v) is 10.9. The molecule has 18 heavy (non-hydrogen) atoms. The SMILES string of the molecule is CC(C)(C)c1cccc(C2(N)C=NC(=O)OC2)c1. The Labute approximate surface area is 107 Å².